The summed E-state index contributed by atoms with van der Waals surface area (Å²) in [5, 5.41) is 6.79. The lowest BCUT2D eigenvalue weighted by Gasteiger charge is -2.43. The Morgan fingerprint density at radius 2 is 2.04 bits per heavy atom. The summed E-state index contributed by atoms with van der Waals surface area (Å²) in [7, 11) is 6.08. The van der Waals surface area contributed by atoms with Gasteiger partial charge in [-0.05, 0) is 39.1 Å². The van der Waals surface area contributed by atoms with Crippen LogP contribution in [-0.4, -0.2) is 63.8 Å². The third kappa shape index (κ3) is 5.96. The summed E-state index contributed by atoms with van der Waals surface area (Å²) in [5.74, 6) is 1.82. The summed E-state index contributed by atoms with van der Waals surface area (Å²) < 4.78 is 10.8. The second-order valence-electron chi connectivity index (χ2n) is 5.91. The molecule has 1 aliphatic heterocycles. The zero-order valence-electron chi connectivity index (χ0n) is 14.3. The van der Waals surface area contributed by atoms with Crippen LogP contribution in [0.4, 0.5) is 0 Å². The van der Waals surface area contributed by atoms with Crippen molar-refractivity contribution < 1.29 is 9.15 Å². The number of rotatable bonds is 6. The van der Waals surface area contributed by atoms with Crippen molar-refractivity contribution in [2.75, 3.05) is 47.4 Å². The molecule has 0 bridgehead atoms. The summed E-state index contributed by atoms with van der Waals surface area (Å²) in [4.78, 5) is 6.60. The van der Waals surface area contributed by atoms with Gasteiger partial charge in [0.05, 0.1) is 6.26 Å². The Kier molecular flexibility index (Phi) is 8.93. The largest absolute Gasteiger partial charge is 0.469 e. The van der Waals surface area contributed by atoms with Gasteiger partial charge in [0.25, 0.3) is 0 Å². The minimum atomic E-state index is 0. The monoisotopic (exact) mass is 436 g/mol. The zero-order chi connectivity index (χ0) is 15.8. The van der Waals surface area contributed by atoms with E-state index in [9.17, 15) is 0 Å². The van der Waals surface area contributed by atoms with Gasteiger partial charge in [0, 0.05) is 45.3 Å². The molecule has 0 atom stereocenters. The lowest BCUT2D eigenvalue weighted by molar-refractivity contribution is -0.00501. The molecular formula is C16H29IN4O2. The SMILES string of the molecule is CN=C(NCCc1ccco1)NCC1(N(C)C)CCOCC1.I. The Morgan fingerprint density at radius 1 is 1.30 bits per heavy atom. The number of nitrogens with one attached hydrogen (secondary N) is 2. The number of halogens is 1. The van der Waals surface area contributed by atoms with Crippen molar-refractivity contribution in [2.24, 2.45) is 4.99 Å². The maximum absolute atomic E-state index is 5.50. The molecule has 6 nitrogen and oxygen atoms in total. The minimum absolute atomic E-state index is 0. The van der Waals surface area contributed by atoms with Crippen LogP contribution in [0.3, 0.4) is 0 Å². The first-order valence-corrected chi connectivity index (χ1v) is 7.88. The molecule has 23 heavy (non-hydrogen) atoms. The number of ether oxygens (including phenoxy) is 1. The van der Waals surface area contributed by atoms with E-state index >= 15 is 0 Å². The first-order valence-electron chi connectivity index (χ1n) is 7.88. The van der Waals surface area contributed by atoms with Gasteiger partial charge in [-0.2, -0.15) is 0 Å². The molecule has 0 unspecified atom stereocenters. The van der Waals surface area contributed by atoms with Crippen LogP contribution in [0, 0.1) is 0 Å². The number of likely N-dealkylation sites (N-methyl/N-ethyl adjacent to an activating group) is 1. The molecular weight excluding hydrogens is 407 g/mol. The number of aliphatic imine (C=N–C) groups is 1. The van der Waals surface area contributed by atoms with Crippen molar-refractivity contribution >= 4 is 29.9 Å². The molecule has 2 N–H and O–H groups in total. The van der Waals surface area contributed by atoms with Crippen molar-refractivity contribution in [3.63, 3.8) is 0 Å². The number of hydrogen-bond donors (Lipinski definition) is 2. The molecule has 0 aliphatic carbocycles. The van der Waals surface area contributed by atoms with Crippen molar-refractivity contribution in [3.8, 4) is 0 Å². The number of guanidine groups is 1. The highest BCUT2D eigenvalue weighted by Crippen LogP contribution is 2.24. The highest BCUT2D eigenvalue weighted by molar-refractivity contribution is 14.0. The summed E-state index contributed by atoms with van der Waals surface area (Å²) in [6.45, 7) is 3.31. The lowest BCUT2D eigenvalue weighted by Crippen LogP contribution is -2.57. The van der Waals surface area contributed by atoms with Gasteiger partial charge >= 0.3 is 0 Å². The number of furan rings is 1. The van der Waals surface area contributed by atoms with E-state index < -0.39 is 0 Å². The van der Waals surface area contributed by atoms with Crippen LogP contribution in [0.25, 0.3) is 0 Å². The highest BCUT2D eigenvalue weighted by Gasteiger charge is 2.34. The molecule has 0 radical (unpaired) electrons. The van der Waals surface area contributed by atoms with Gasteiger partial charge in [-0.25, -0.2) is 0 Å². The first-order chi connectivity index (χ1) is 10.7. The van der Waals surface area contributed by atoms with E-state index in [0.717, 1.165) is 57.3 Å². The molecule has 2 rings (SSSR count). The van der Waals surface area contributed by atoms with E-state index in [4.69, 9.17) is 9.15 Å². The predicted octanol–water partition coefficient (Wildman–Crippen LogP) is 1.72. The predicted molar refractivity (Wildman–Crippen MR) is 104 cm³/mol. The van der Waals surface area contributed by atoms with Gasteiger partial charge in [-0.3, -0.25) is 4.99 Å². The average Bonchev–Trinajstić information content (AvgIpc) is 3.04. The van der Waals surface area contributed by atoms with Gasteiger partial charge in [0.15, 0.2) is 5.96 Å². The third-order valence-electron chi connectivity index (χ3n) is 4.42. The van der Waals surface area contributed by atoms with Crippen LogP contribution in [0.5, 0.6) is 0 Å². The standard InChI is InChI=1S/C16H28N4O2.HI/c1-17-15(18-9-6-14-5-4-10-22-14)19-13-16(20(2)3)7-11-21-12-8-16;/h4-5,10H,6-9,11-13H2,1-3H3,(H2,17,18,19);1H. The van der Waals surface area contributed by atoms with Gasteiger partial charge in [-0.1, -0.05) is 0 Å². The Morgan fingerprint density at radius 3 is 2.61 bits per heavy atom. The summed E-state index contributed by atoms with van der Waals surface area (Å²) in [6.07, 6.45) is 4.63. The topological polar surface area (TPSA) is 62.0 Å². The molecule has 2 heterocycles. The van der Waals surface area contributed by atoms with Gasteiger partial charge in [-0.15, -0.1) is 24.0 Å². The number of nitrogens with zero attached hydrogens (tertiary/aromatic N) is 2. The van der Waals surface area contributed by atoms with Crippen LogP contribution in [-0.2, 0) is 11.2 Å². The molecule has 7 heteroatoms. The third-order valence-corrected chi connectivity index (χ3v) is 4.42. The number of hydrogen-bond acceptors (Lipinski definition) is 4. The highest BCUT2D eigenvalue weighted by atomic mass is 127. The maximum Gasteiger partial charge on any atom is 0.191 e. The first kappa shape index (κ1) is 20.2. The molecule has 0 spiro atoms. The molecule has 1 fully saturated rings. The Hall–Kier alpha value is -0.800. The zero-order valence-corrected chi connectivity index (χ0v) is 16.6. The maximum atomic E-state index is 5.50. The Bertz CT molecular complexity index is 457. The Labute approximate surface area is 156 Å². The molecule has 1 aromatic rings. The van der Waals surface area contributed by atoms with Gasteiger partial charge in [0.1, 0.15) is 5.76 Å². The van der Waals surface area contributed by atoms with Crippen LogP contribution in [0.1, 0.15) is 18.6 Å². The normalized spacial score (nSPS) is 17.7. The average molecular weight is 436 g/mol. The quantitative estimate of drug-likeness (QED) is 0.404. The van der Waals surface area contributed by atoms with E-state index in [1.165, 1.54) is 0 Å². The second kappa shape index (κ2) is 10.1. The molecule has 1 aromatic heterocycles. The smallest absolute Gasteiger partial charge is 0.191 e. The molecule has 1 saturated heterocycles. The van der Waals surface area contributed by atoms with Gasteiger partial charge < -0.3 is 24.7 Å². The van der Waals surface area contributed by atoms with E-state index in [2.05, 4.69) is 34.6 Å². The van der Waals surface area contributed by atoms with Gasteiger partial charge in [0.2, 0.25) is 0 Å². The van der Waals surface area contributed by atoms with Crippen LogP contribution >= 0.6 is 24.0 Å². The van der Waals surface area contributed by atoms with Crippen molar-refractivity contribution in [2.45, 2.75) is 24.8 Å². The van der Waals surface area contributed by atoms with E-state index in [0.29, 0.717) is 0 Å². The molecule has 1 aliphatic rings. The molecule has 0 amide bonds. The van der Waals surface area contributed by atoms with Crippen LogP contribution in [0.2, 0.25) is 0 Å². The lowest BCUT2D eigenvalue weighted by atomic mass is 9.88. The summed E-state index contributed by atoms with van der Waals surface area (Å²) >= 11 is 0. The van der Waals surface area contributed by atoms with E-state index in [1.807, 2.05) is 12.1 Å². The molecule has 132 valence electrons. The van der Waals surface area contributed by atoms with Crippen molar-refractivity contribution in [1.29, 1.82) is 0 Å². The van der Waals surface area contributed by atoms with Crippen molar-refractivity contribution in [1.82, 2.24) is 15.5 Å². The van der Waals surface area contributed by atoms with E-state index in [1.54, 1.807) is 13.3 Å². The summed E-state index contributed by atoms with van der Waals surface area (Å²) in [6, 6.07) is 3.90. The minimum Gasteiger partial charge on any atom is -0.469 e. The molecule has 0 saturated carbocycles. The van der Waals surface area contributed by atoms with E-state index in [-0.39, 0.29) is 29.5 Å². The Balaban J connectivity index is 0.00000264. The van der Waals surface area contributed by atoms with Crippen LogP contribution in [0.15, 0.2) is 27.8 Å². The second-order valence-corrected chi connectivity index (χ2v) is 5.91. The fourth-order valence-corrected chi connectivity index (χ4v) is 2.76. The van der Waals surface area contributed by atoms with Crippen molar-refractivity contribution in [3.05, 3.63) is 24.2 Å². The fraction of sp³-hybridized carbons (Fsp3) is 0.688. The summed E-state index contributed by atoms with van der Waals surface area (Å²) in [5.41, 5.74) is 0.136. The fourth-order valence-electron chi connectivity index (χ4n) is 2.76. The molecule has 0 aromatic carbocycles. The van der Waals surface area contributed by atoms with Crippen LogP contribution < -0.4 is 10.6 Å².